The highest BCUT2D eigenvalue weighted by atomic mass is 16.5. The molecule has 1 saturated heterocycles. The first kappa shape index (κ1) is 14.1. The minimum Gasteiger partial charge on any atom is -0.481 e. The van der Waals surface area contributed by atoms with Gasteiger partial charge in [-0.1, -0.05) is 13.3 Å². The summed E-state index contributed by atoms with van der Waals surface area (Å²) in [5.74, 6) is 2.41. The summed E-state index contributed by atoms with van der Waals surface area (Å²) in [5, 5.41) is 0. The van der Waals surface area contributed by atoms with E-state index in [1.54, 1.807) is 13.4 Å². The molecular formula is C14H24N4O. The zero-order valence-electron chi connectivity index (χ0n) is 12.1. The molecule has 2 atom stereocenters. The van der Waals surface area contributed by atoms with Gasteiger partial charge in [0.05, 0.1) is 12.7 Å². The SMILES string of the molecule is CCC1CCN(c2ncnc(OC)c2C)C(CN)C1. The predicted octanol–water partition coefficient (Wildman–Crippen LogP) is 1.75. The van der Waals surface area contributed by atoms with Crippen molar-refractivity contribution >= 4 is 5.82 Å². The van der Waals surface area contributed by atoms with Gasteiger partial charge in [0.25, 0.3) is 0 Å². The Bertz CT molecular complexity index is 424. The number of hydrogen-bond donors (Lipinski definition) is 1. The lowest BCUT2D eigenvalue weighted by Gasteiger charge is -2.40. The average Bonchev–Trinajstić information content (AvgIpc) is 2.47. The minimum atomic E-state index is 0.372. The number of piperidine rings is 1. The summed E-state index contributed by atoms with van der Waals surface area (Å²) in [7, 11) is 1.64. The number of methoxy groups -OCH3 is 1. The van der Waals surface area contributed by atoms with Crippen LogP contribution in [0, 0.1) is 12.8 Å². The quantitative estimate of drug-likeness (QED) is 0.897. The highest BCUT2D eigenvalue weighted by molar-refractivity contribution is 5.51. The molecule has 1 aliphatic heterocycles. The second-order valence-electron chi connectivity index (χ2n) is 5.21. The van der Waals surface area contributed by atoms with Crippen LogP contribution in [-0.4, -0.2) is 36.2 Å². The molecule has 5 heteroatoms. The molecule has 2 rings (SSSR count). The summed E-state index contributed by atoms with van der Waals surface area (Å²) >= 11 is 0. The number of ether oxygens (including phenoxy) is 1. The fourth-order valence-electron chi connectivity index (χ4n) is 2.93. The summed E-state index contributed by atoms with van der Waals surface area (Å²) in [4.78, 5) is 10.9. The molecule has 0 spiro atoms. The second-order valence-corrected chi connectivity index (χ2v) is 5.21. The van der Waals surface area contributed by atoms with E-state index in [-0.39, 0.29) is 0 Å². The van der Waals surface area contributed by atoms with Crippen molar-refractivity contribution in [1.29, 1.82) is 0 Å². The van der Waals surface area contributed by atoms with E-state index < -0.39 is 0 Å². The van der Waals surface area contributed by atoms with E-state index in [2.05, 4.69) is 21.8 Å². The highest BCUT2D eigenvalue weighted by Crippen LogP contribution is 2.31. The fourth-order valence-corrected chi connectivity index (χ4v) is 2.93. The Labute approximate surface area is 115 Å². The standard InChI is InChI=1S/C14H24N4O/c1-4-11-5-6-18(12(7-11)8-15)13-10(2)14(19-3)17-9-16-13/h9,11-12H,4-8,15H2,1-3H3. The van der Waals surface area contributed by atoms with Crippen molar-refractivity contribution in [3.63, 3.8) is 0 Å². The summed E-state index contributed by atoms with van der Waals surface area (Å²) in [6.07, 6.45) is 5.16. The average molecular weight is 264 g/mol. The summed E-state index contributed by atoms with van der Waals surface area (Å²) < 4.78 is 5.28. The van der Waals surface area contributed by atoms with Gasteiger partial charge in [-0.15, -0.1) is 0 Å². The van der Waals surface area contributed by atoms with Crippen LogP contribution in [0.3, 0.4) is 0 Å². The topological polar surface area (TPSA) is 64.3 Å². The Balaban J connectivity index is 2.25. The van der Waals surface area contributed by atoms with Crippen LogP contribution in [0.15, 0.2) is 6.33 Å². The zero-order chi connectivity index (χ0) is 13.8. The van der Waals surface area contributed by atoms with E-state index in [0.717, 1.165) is 30.3 Å². The number of nitrogens with two attached hydrogens (primary N) is 1. The van der Waals surface area contributed by atoms with E-state index >= 15 is 0 Å². The molecule has 0 radical (unpaired) electrons. The molecule has 19 heavy (non-hydrogen) atoms. The molecule has 0 amide bonds. The lowest BCUT2D eigenvalue weighted by Crippen LogP contribution is -2.47. The van der Waals surface area contributed by atoms with Crippen LogP contribution in [0.4, 0.5) is 5.82 Å². The molecule has 0 aliphatic carbocycles. The number of aromatic nitrogens is 2. The molecule has 5 nitrogen and oxygen atoms in total. The Morgan fingerprint density at radius 3 is 2.89 bits per heavy atom. The Morgan fingerprint density at radius 2 is 2.26 bits per heavy atom. The zero-order valence-corrected chi connectivity index (χ0v) is 12.1. The van der Waals surface area contributed by atoms with Crippen molar-refractivity contribution in [3.05, 3.63) is 11.9 Å². The number of anilines is 1. The third-order valence-electron chi connectivity index (χ3n) is 4.15. The normalized spacial score (nSPS) is 23.5. The van der Waals surface area contributed by atoms with Crippen LogP contribution in [0.2, 0.25) is 0 Å². The first-order chi connectivity index (χ1) is 9.21. The van der Waals surface area contributed by atoms with Crippen molar-refractivity contribution in [1.82, 2.24) is 9.97 Å². The van der Waals surface area contributed by atoms with E-state index in [1.807, 2.05) is 6.92 Å². The van der Waals surface area contributed by atoms with Gasteiger partial charge < -0.3 is 15.4 Å². The van der Waals surface area contributed by atoms with Gasteiger partial charge in [0, 0.05) is 19.1 Å². The van der Waals surface area contributed by atoms with Crippen molar-refractivity contribution in [2.45, 2.75) is 39.2 Å². The molecule has 2 heterocycles. The summed E-state index contributed by atoms with van der Waals surface area (Å²) in [6, 6.07) is 0.372. The molecule has 0 saturated carbocycles. The Hall–Kier alpha value is -1.36. The number of rotatable bonds is 4. The number of nitrogens with zero attached hydrogens (tertiary/aromatic N) is 3. The van der Waals surface area contributed by atoms with Crippen molar-refractivity contribution in [3.8, 4) is 5.88 Å². The molecule has 1 fully saturated rings. The summed E-state index contributed by atoms with van der Waals surface area (Å²) in [6.45, 7) is 5.95. The van der Waals surface area contributed by atoms with E-state index in [0.29, 0.717) is 18.5 Å². The Kier molecular flexibility index (Phi) is 4.58. The second kappa shape index (κ2) is 6.19. The van der Waals surface area contributed by atoms with E-state index in [4.69, 9.17) is 10.5 Å². The highest BCUT2D eigenvalue weighted by Gasteiger charge is 2.29. The molecule has 2 unspecified atom stereocenters. The van der Waals surface area contributed by atoms with Crippen LogP contribution >= 0.6 is 0 Å². The molecule has 0 bridgehead atoms. The van der Waals surface area contributed by atoms with Gasteiger partial charge in [-0.05, 0) is 25.7 Å². The summed E-state index contributed by atoms with van der Waals surface area (Å²) in [5.41, 5.74) is 6.95. The molecule has 1 aromatic rings. The maximum absolute atomic E-state index is 5.95. The van der Waals surface area contributed by atoms with Gasteiger partial charge in [0.2, 0.25) is 5.88 Å². The van der Waals surface area contributed by atoms with Crippen molar-refractivity contribution in [2.24, 2.45) is 11.7 Å². The smallest absolute Gasteiger partial charge is 0.221 e. The third-order valence-corrected chi connectivity index (χ3v) is 4.15. The van der Waals surface area contributed by atoms with Crippen LogP contribution < -0.4 is 15.4 Å². The molecule has 106 valence electrons. The van der Waals surface area contributed by atoms with E-state index in [1.165, 1.54) is 12.8 Å². The van der Waals surface area contributed by atoms with Gasteiger partial charge >= 0.3 is 0 Å². The lowest BCUT2D eigenvalue weighted by atomic mass is 9.88. The molecule has 1 aliphatic rings. The van der Waals surface area contributed by atoms with Crippen LogP contribution in [0.5, 0.6) is 5.88 Å². The van der Waals surface area contributed by atoms with Crippen molar-refractivity contribution in [2.75, 3.05) is 25.1 Å². The fraction of sp³-hybridized carbons (Fsp3) is 0.714. The van der Waals surface area contributed by atoms with Gasteiger partial charge in [-0.3, -0.25) is 0 Å². The molecule has 0 aromatic carbocycles. The van der Waals surface area contributed by atoms with Crippen LogP contribution in [0.1, 0.15) is 31.7 Å². The first-order valence-electron chi connectivity index (χ1n) is 7.03. The van der Waals surface area contributed by atoms with Crippen LogP contribution in [0.25, 0.3) is 0 Å². The van der Waals surface area contributed by atoms with Gasteiger partial charge in [-0.25, -0.2) is 9.97 Å². The number of hydrogen-bond acceptors (Lipinski definition) is 5. The maximum Gasteiger partial charge on any atom is 0.221 e. The predicted molar refractivity (Wildman–Crippen MR) is 76.5 cm³/mol. The molecule has 1 aromatic heterocycles. The van der Waals surface area contributed by atoms with E-state index in [9.17, 15) is 0 Å². The van der Waals surface area contributed by atoms with Gasteiger partial charge in [0.1, 0.15) is 12.1 Å². The van der Waals surface area contributed by atoms with Crippen molar-refractivity contribution < 1.29 is 4.74 Å². The van der Waals surface area contributed by atoms with Crippen LogP contribution in [-0.2, 0) is 0 Å². The lowest BCUT2D eigenvalue weighted by molar-refractivity contribution is 0.333. The monoisotopic (exact) mass is 264 g/mol. The third kappa shape index (κ3) is 2.81. The molecule has 2 N–H and O–H groups in total. The van der Waals surface area contributed by atoms with Gasteiger partial charge in [0.15, 0.2) is 0 Å². The minimum absolute atomic E-state index is 0.372. The maximum atomic E-state index is 5.95. The van der Waals surface area contributed by atoms with Gasteiger partial charge in [-0.2, -0.15) is 0 Å². The molecular weight excluding hydrogens is 240 g/mol. The largest absolute Gasteiger partial charge is 0.481 e. The Morgan fingerprint density at radius 1 is 1.47 bits per heavy atom. The first-order valence-corrected chi connectivity index (χ1v) is 7.03.